The fourth-order valence-electron chi connectivity index (χ4n) is 1.59. The molecular formula is C14H20ClNO3. The summed E-state index contributed by atoms with van der Waals surface area (Å²) in [6.07, 6.45) is 1.28. The Morgan fingerprint density at radius 1 is 1.42 bits per heavy atom. The van der Waals surface area contributed by atoms with Gasteiger partial charge in [0.2, 0.25) is 0 Å². The normalized spacial score (nSPS) is 10.3. The highest BCUT2D eigenvalue weighted by Crippen LogP contribution is 2.28. The molecule has 0 heterocycles. The zero-order valence-corrected chi connectivity index (χ0v) is 12.1. The van der Waals surface area contributed by atoms with Crippen molar-refractivity contribution >= 4 is 17.6 Å². The van der Waals surface area contributed by atoms with Crippen LogP contribution in [0.1, 0.15) is 25.3 Å². The van der Waals surface area contributed by atoms with E-state index in [2.05, 4.69) is 17.0 Å². The maximum absolute atomic E-state index is 11.0. The molecule has 1 rings (SSSR count). The summed E-state index contributed by atoms with van der Waals surface area (Å²) in [5.41, 5.74) is 0.991. The Kier molecular flexibility index (Phi) is 7.30. The van der Waals surface area contributed by atoms with Crippen molar-refractivity contribution in [3.8, 4) is 5.75 Å². The Morgan fingerprint density at radius 2 is 2.21 bits per heavy atom. The first-order valence-electron chi connectivity index (χ1n) is 6.36. The third-order valence-electron chi connectivity index (χ3n) is 2.57. The van der Waals surface area contributed by atoms with Gasteiger partial charge in [-0.1, -0.05) is 30.7 Å². The lowest BCUT2D eigenvalue weighted by Gasteiger charge is -2.13. The highest BCUT2D eigenvalue weighted by atomic mass is 35.5. The van der Waals surface area contributed by atoms with Crippen LogP contribution in [0.25, 0.3) is 0 Å². The highest BCUT2D eigenvalue weighted by molar-refractivity contribution is 6.32. The van der Waals surface area contributed by atoms with Crippen LogP contribution in [0.4, 0.5) is 0 Å². The van der Waals surface area contributed by atoms with Gasteiger partial charge in [0, 0.05) is 12.1 Å². The first kappa shape index (κ1) is 15.8. The van der Waals surface area contributed by atoms with Gasteiger partial charge in [-0.15, -0.1) is 0 Å². The average Bonchev–Trinajstić information content (AvgIpc) is 2.41. The molecule has 1 aromatic rings. The summed E-state index contributed by atoms with van der Waals surface area (Å²) < 4.78 is 10.2. The number of para-hydroxylation sites is 1. The number of hydrogen-bond donors (Lipinski definition) is 1. The minimum Gasteiger partial charge on any atom is -0.491 e. The molecule has 0 unspecified atom stereocenters. The third kappa shape index (κ3) is 5.49. The van der Waals surface area contributed by atoms with Gasteiger partial charge in [-0.05, 0) is 19.0 Å². The number of nitrogens with one attached hydrogen (secondary N) is 1. The fraction of sp³-hybridized carbons (Fsp3) is 0.500. The molecule has 0 amide bonds. The third-order valence-corrected chi connectivity index (χ3v) is 2.87. The van der Waals surface area contributed by atoms with Crippen molar-refractivity contribution in [1.29, 1.82) is 0 Å². The van der Waals surface area contributed by atoms with E-state index in [1.807, 2.05) is 12.1 Å². The minimum absolute atomic E-state index is 0.212. The largest absolute Gasteiger partial charge is 0.491 e. The van der Waals surface area contributed by atoms with Crippen LogP contribution in [-0.2, 0) is 16.1 Å². The van der Waals surface area contributed by atoms with Crippen molar-refractivity contribution in [2.24, 2.45) is 0 Å². The molecule has 0 spiro atoms. The predicted octanol–water partition coefficient (Wildman–Crippen LogP) is 2.78. The van der Waals surface area contributed by atoms with Crippen molar-refractivity contribution < 1.29 is 14.3 Å². The van der Waals surface area contributed by atoms with Crippen molar-refractivity contribution in [1.82, 2.24) is 5.32 Å². The smallest absolute Gasteiger partial charge is 0.308 e. The number of esters is 1. The SMILES string of the molecule is CCCNCc1cccc(Cl)c1OCCC(=O)OC. The maximum Gasteiger partial charge on any atom is 0.308 e. The summed E-state index contributed by atoms with van der Waals surface area (Å²) in [5, 5.41) is 3.86. The van der Waals surface area contributed by atoms with Gasteiger partial charge >= 0.3 is 5.97 Å². The van der Waals surface area contributed by atoms with Crippen LogP contribution in [0.5, 0.6) is 5.75 Å². The van der Waals surface area contributed by atoms with E-state index >= 15 is 0 Å². The Balaban J connectivity index is 2.61. The number of methoxy groups -OCH3 is 1. The van der Waals surface area contributed by atoms with E-state index in [1.165, 1.54) is 7.11 Å². The van der Waals surface area contributed by atoms with Gasteiger partial charge in [0.1, 0.15) is 5.75 Å². The van der Waals surface area contributed by atoms with Gasteiger partial charge in [-0.25, -0.2) is 0 Å². The number of rotatable bonds is 8. The quantitative estimate of drug-likeness (QED) is 0.589. The van der Waals surface area contributed by atoms with Crippen LogP contribution >= 0.6 is 11.6 Å². The number of hydrogen-bond acceptors (Lipinski definition) is 4. The molecule has 0 radical (unpaired) electrons. The van der Waals surface area contributed by atoms with Crippen LogP contribution < -0.4 is 10.1 Å². The Morgan fingerprint density at radius 3 is 2.89 bits per heavy atom. The number of halogens is 1. The topological polar surface area (TPSA) is 47.6 Å². The molecule has 0 aliphatic carbocycles. The standard InChI is InChI=1S/C14H20ClNO3/c1-3-8-16-10-11-5-4-6-12(15)14(11)19-9-7-13(17)18-2/h4-6,16H,3,7-10H2,1-2H3. The lowest BCUT2D eigenvalue weighted by Crippen LogP contribution is -2.15. The lowest BCUT2D eigenvalue weighted by atomic mass is 10.2. The molecule has 0 aromatic heterocycles. The van der Waals surface area contributed by atoms with E-state index in [0.29, 0.717) is 17.3 Å². The molecule has 0 saturated carbocycles. The van der Waals surface area contributed by atoms with Gasteiger partial charge in [0.05, 0.1) is 25.2 Å². The van der Waals surface area contributed by atoms with Gasteiger partial charge in [-0.3, -0.25) is 4.79 Å². The molecule has 1 N–H and O–H groups in total. The van der Waals surface area contributed by atoms with Crippen LogP contribution in [-0.4, -0.2) is 26.2 Å². The molecule has 5 heteroatoms. The minimum atomic E-state index is -0.294. The summed E-state index contributed by atoms with van der Waals surface area (Å²) in [4.78, 5) is 11.0. The van der Waals surface area contributed by atoms with Crippen molar-refractivity contribution in [2.75, 3.05) is 20.3 Å². The van der Waals surface area contributed by atoms with Crippen LogP contribution in [0.15, 0.2) is 18.2 Å². The van der Waals surface area contributed by atoms with E-state index in [1.54, 1.807) is 6.07 Å². The van der Waals surface area contributed by atoms with E-state index < -0.39 is 0 Å². The van der Waals surface area contributed by atoms with Crippen molar-refractivity contribution in [3.05, 3.63) is 28.8 Å². The lowest BCUT2D eigenvalue weighted by molar-refractivity contribution is -0.141. The van der Waals surface area contributed by atoms with Gasteiger partial charge in [0.25, 0.3) is 0 Å². The molecule has 4 nitrogen and oxygen atoms in total. The molecule has 0 atom stereocenters. The van der Waals surface area contributed by atoms with E-state index in [0.717, 1.165) is 18.5 Å². The molecule has 0 saturated heterocycles. The Bertz CT molecular complexity index is 410. The molecular weight excluding hydrogens is 266 g/mol. The first-order valence-corrected chi connectivity index (χ1v) is 6.74. The number of ether oxygens (including phenoxy) is 2. The second-order valence-electron chi connectivity index (χ2n) is 4.08. The van der Waals surface area contributed by atoms with E-state index in [4.69, 9.17) is 16.3 Å². The van der Waals surface area contributed by atoms with E-state index in [9.17, 15) is 4.79 Å². The number of carbonyl (C=O) groups excluding carboxylic acids is 1. The fourth-order valence-corrected chi connectivity index (χ4v) is 1.84. The Hall–Kier alpha value is -1.26. The van der Waals surface area contributed by atoms with Crippen molar-refractivity contribution in [2.45, 2.75) is 26.3 Å². The second kappa shape index (κ2) is 8.77. The van der Waals surface area contributed by atoms with Gasteiger partial charge < -0.3 is 14.8 Å². The Labute approximate surface area is 119 Å². The van der Waals surface area contributed by atoms with Gasteiger partial charge in [0.15, 0.2) is 0 Å². The zero-order valence-electron chi connectivity index (χ0n) is 11.4. The van der Waals surface area contributed by atoms with Crippen LogP contribution in [0.3, 0.4) is 0 Å². The van der Waals surface area contributed by atoms with Crippen LogP contribution in [0, 0.1) is 0 Å². The summed E-state index contributed by atoms with van der Waals surface area (Å²) in [6, 6.07) is 5.62. The molecule has 0 fully saturated rings. The molecule has 19 heavy (non-hydrogen) atoms. The maximum atomic E-state index is 11.0. The molecule has 106 valence electrons. The zero-order chi connectivity index (χ0) is 14.1. The molecule has 0 aliphatic heterocycles. The summed E-state index contributed by atoms with van der Waals surface area (Å²) in [6.45, 7) is 4.01. The number of carbonyl (C=O) groups is 1. The summed E-state index contributed by atoms with van der Waals surface area (Å²) >= 11 is 6.12. The van der Waals surface area contributed by atoms with Crippen LogP contribution in [0.2, 0.25) is 5.02 Å². The second-order valence-corrected chi connectivity index (χ2v) is 4.49. The molecule has 0 aliphatic rings. The highest BCUT2D eigenvalue weighted by Gasteiger charge is 2.09. The summed E-state index contributed by atoms with van der Waals surface area (Å²) in [7, 11) is 1.36. The molecule has 0 bridgehead atoms. The average molecular weight is 286 g/mol. The summed E-state index contributed by atoms with van der Waals surface area (Å²) in [5.74, 6) is 0.342. The van der Waals surface area contributed by atoms with Gasteiger partial charge in [-0.2, -0.15) is 0 Å². The van der Waals surface area contributed by atoms with E-state index in [-0.39, 0.29) is 19.0 Å². The first-order chi connectivity index (χ1) is 9.19. The van der Waals surface area contributed by atoms with Crippen molar-refractivity contribution in [3.63, 3.8) is 0 Å². The number of benzene rings is 1. The molecule has 1 aromatic carbocycles. The monoisotopic (exact) mass is 285 g/mol. The predicted molar refractivity (Wildman–Crippen MR) is 75.6 cm³/mol.